The monoisotopic (exact) mass is 179 g/mol. The molecule has 69 valence electrons. The SMILES string of the molecule is COC(=O)Nc1[c]c(CN)ccc1. The molecule has 0 spiro atoms. The predicted molar refractivity (Wildman–Crippen MR) is 49.2 cm³/mol. The molecule has 1 radical (unpaired) electrons. The summed E-state index contributed by atoms with van der Waals surface area (Å²) in [5.74, 6) is 0. The van der Waals surface area contributed by atoms with Gasteiger partial charge in [0, 0.05) is 12.6 Å². The van der Waals surface area contributed by atoms with Crippen LogP contribution < -0.4 is 11.1 Å². The van der Waals surface area contributed by atoms with E-state index >= 15 is 0 Å². The summed E-state index contributed by atoms with van der Waals surface area (Å²) in [4.78, 5) is 10.8. The zero-order valence-electron chi connectivity index (χ0n) is 7.33. The number of ether oxygens (including phenoxy) is 1. The van der Waals surface area contributed by atoms with Crippen LogP contribution in [0.25, 0.3) is 0 Å². The Hall–Kier alpha value is -1.55. The molecule has 13 heavy (non-hydrogen) atoms. The summed E-state index contributed by atoms with van der Waals surface area (Å²) in [6.07, 6.45) is -0.509. The lowest BCUT2D eigenvalue weighted by molar-refractivity contribution is 0.187. The van der Waals surface area contributed by atoms with Gasteiger partial charge >= 0.3 is 6.09 Å². The number of nitrogens with one attached hydrogen (secondary N) is 1. The van der Waals surface area contributed by atoms with Crippen molar-refractivity contribution < 1.29 is 9.53 Å². The largest absolute Gasteiger partial charge is 0.453 e. The smallest absolute Gasteiger partial charge is 0.411 e. The van der Waals surface area contributed by atoms with Crippen molar-refractivity contribution in [3.05, 3.63) is 29.8 Å². The lowest BCUT2D eigenvalue weighted by Crippen LogP contribution is -2.11. The maximum absolute atomic E-state index is 10.8. The van der Waals surface area contributed by atoms with E-state index in [1.807, 2.05) is 6.07 Å². The first-order valence-electron chi connectivity index (χ1n) is 3.82. The standard InChI is InChI=1S/C9H11N2O2/c1-13-9(12)11-8-4-2-3-7(5-8)6-10/h2-4H,6,10H2,1H3,(H,11,12). The number of nitrogens with two attached hydrogens (primary N) is 1. The second-order valence-electron chi connectivity index (χ2n) is 2.41. The number of rotatable bonds is 2. The minimum Gasteiger partial charge on any atom is -0.453 e. The average molecular weight is 179 g/mol. The predicted octanol–water partition coefficient (Wildman–Crippen LogP) is 1.12. The van der Waals surface area contributed by atoms with Gasteiger partial charge in [0.1, 0.15) is 0 Å². The van der Waals surface area contributed by atoms with Gasteiger partial charge in [-0.2, -0.15) is 0 Å². The van der Waals surface area contributed by atoms with Gasteiger partial charge in [0.05, 0.1) is 12.8 Å². The Bertz CT molecular complexity index is 299. The highest BCUT2D eigenvalue weighted by Gasteiger charge is 2.00. The average Bonchev–Trinajstić information content (AvgIpc) is 2.18. The Labute approximate surface area is 76.7 Å². The molecule has 0 heterocycles. The van der Waals surface area contributed by atoms with E-state index in [0.717, 1.165) is 5.56 Å². The number of hydrogen-bond acceptors (Lipinski definition) is 3. The van der Waals surface area contributed by atoms with Crippen molar-refractivity contribution in [2.75, 3.05) is 12.4 Å². The third kappa shape index (κ3) is 2.76. The Balaban J connectivity index is 2.71. The van der Waals surface area contributed by atoms with Gasteiger partial charge in [-0.1, -0.05) is 12.1 Å². The number of methoxy groups -OCH3 is 1. The van der Waals surface area contributed by atoms with Crippen LogP contribution in [0.3, 0.4) is 0 Å². The summed E-state index contributed by atoms with van der Waals surface area (Å²) in [5, 5.41) is 2.49. The molecule has 1 aromatic rings. The Morgan fingerprint density at radius 2 is 2.46 bits per heavy atom. The molecule has 1 amide bonds. The summed E-state index contributed by atoms with van der Waals surface area (Å²) in [5.41, 5.74) is 6.81. The molecule has 0 aliphatic heterocycles. The fourth-order valence-corrected chi connectivity index (χ4v) is 0.870. The van der Waals surface area contributed by atoms with Gasteiger partial charge < -0.3 is 10.5 Å². The van der Waals surface area contributed by atoms with Crippen molar-refractivity contribution in [1.29, 1.82) is 0 Å². The Morgan fingerprint density at radius 1 is 1.69 bits per heavy atom. The van der Waals surface area contributed by atoms with Gasteiger partial charge in [-0.15, -0.1) is 0 Å². The number of anilines is 1. The first kappa shape index (κ1) is 9.54. The number of hydrogen-bond donors (Lipinski definition) is 2. The number of carbonyl (C=O) groups is 1. The number of amides is 1. The molecule has 0 saturated heterocycles. The molecule has 0 fully saturated rings. The molecular weight excluding hydrogens is 168 g/mol. The van der Waals surface area contributed by atoms with Gasteiger partial charge in [0.2, 0.25) is 0 Å². The maximum Gasteiger partial charge on any atom is 0.411 e. The summed E-state index contributed by atoms with van der Waals surface area (Å²) in [6, 6.07) is 8.27. The highest BCUT2D eigenvalue weighted by molar-refractivity contribution is 5.84. The molecule has 4 nitrogen and oxygen atoms in total. The van der Waals surface area contributed by atoms with E-state index in [1.165, 1.54) is 7.11 Å². The lowest BCUT2D eigenvalue weighted by atomic mass is 10.2. The first-order valence-corrected chi connectivity index (χ1v) is 3.82. The highest BCUT2D eigenvalue weighted by atomic mass is 16.5. The molecule has 0 aromatic heterocycles. The minimum atomic E-state index is -0.509. The first-order chi connectivity index (χ1) is 6.26. The van der Waals surface area contributed by atoms with Crippen molar-refractivity contribution in [3.8, 4) is 0 Å². The molecule has 0 saturated carbocycles. The van der Waals surface area contributed by atoms with Crippen LogP contribution in [0, 0.1) is 6.07 Å². The maximum atomic E-state index is 10.8. The van der Waals surface area contributed by atoms with Gasteiger partial charge in [-0.25, -0.2) is 4.79 Å². The minimum absolute atomic E-state index is 0.399. The molecule has 0 bridgehead atoms. The van der Waals surface area contributed by atoms with Crippen molar-refractivity contribution in [2.24, 2.45) is 5.73 Å². The van der Waals surface area contributed by atoms with Crippen LogP contribution >= 0.6 is 0 Å². The van der Waals surface area contributed by atoms with E-state index in [1.54, 1.807) is 12.1 Å². The third-order valence-electron chi connectivity index (χ3n) is 1.50. The van der Waals surface area contributed by atoms with Crippen molar-refractivity contribution in [2.45, 2.75) is 6.54 Å². The highest BCUT2D eigenvalue weighted by Crippen LogP contribution is 2.08. The van der Waals surface area contributed by atoms with Crippen molar-refractivity contribution in [3.63, 3.8) is 0 Å². The van der Waals surface area contributed by atoms with Crippen LogP contribution in [0.15, 0.2) is 18.2 Å². The van der Waals surface area contributed by atoms with Crippen LogP contribution in [-0.4, -0.2) is 13.2 Å². The van der Waals surface area contributed by atoms with Crippen LogP contribution in [0.5, 0.6) is 0 Å². The van der Waals surface area contributed by atoms with E-state index in [9.17, 15) is 4.79 Å². The Morgan fingerprint density at radius 3 is 3.08 bits per heavy atom. The van der Waals surface area contributed by atoms with Crippen molar-refractivity contribution >= 4 is 11.8 Å². The molecule has 0 atom stereocenters. The van der Waals surface area contributed by atoms with Crippen LogP contribution in [0.2, 0.25) is 0 Å². The molecule has 4 heteroatoms. The van der Waals surface area contributed by atoms with E-state index in [-0.39, 0.29) is 0 Å². The quantitative estimate of drug-likeness (QED) is 0.715. The third-order valence-corrected chi connectivity index (χ3v) is 1.50. The fraction of sp³-hybridized carbons (Fsp3) is 0.222. The molecule has 0 aliphatic rings. The number of benzene rings is 1. The van der Waals surface area contributed by atoms with Crippen LogP contribution in [0.1, 0.15) is 5.56 Å². The second kappa shape index (κ2) is 4.47. The summed E-state index contributed by atoms with van der Waals surface area (Å²) in [7, 11) is 1.31. The molecule has 1 aromatic carbocycles. The summed E-state index contributed by atoms with van der Waals surface area (Å²) < 4.78 is 4.43. The van der Waals surface area contributed by atoms with Gasteiger partial charge in [0.25, 0.3) is 0 Å². The molecule has 0 aliphatic carbocycles. The normalized spacial score (nSPS) is 9.38. The zero-order chi connectivity index (χ0) is 9.68. The lowest BCUT2D eigenvalue weighted by Gasteiger charge is -2.03. The molecule has 1 rings (SSSR count). The van der Waals surface area contributed by atoms with Gasteiger partial charge in [-0.05, 0) is 11.6 Å². The van der Waals surface area contributed by atoms with Crippen molar-refractivity contribution in [1.82, 2.24) is 0 Å². The van der Waals surface area contributed by atoms with Gasteiger partial charge in [-0.3, -0.25) is 5.32 Å². The molecule has 0 unspecified atom stereocenters. The Kier molecular flexibility index (Phi) is 3.28. The van der Waals surface area contributed by atoms with E-state index in [0.29, 0.717) is 12.2 Å². The van der Waals surface area contributed by atoms with E-state index in [4.69, 9.17) is 5.73 Å². The van der Waals surface area contributed by atoms with Gasteiger partial charge in [0.15, 0.2) is 0 Å². The summed E-state index contributed by atoms with van der Waals surface area (Å²) in [6.45, 7) is 0.399. The fourth-order valence-electron chi connectivity index (χ4n) is 0.870. The second-order valence-corrected chi connectivity index (χ2v) is 2.41. The van der Waals surface area contributed by atoms with E-state index < -0.39 is 6.09 Å². The van der Waals surface area contributed by atoms with E-state index in [2.05, 4.69) is 16.1 Å². The van der Waals surface area contributed by atoms with Crippen LogP contribution in [0.4, 0.5) is 10.5 Å². The summed E-state index contributed by atoms with van der Waals surface area (Å²) >= 11 is 0. The molecule has 3 N–H and O–H groups in total. The zero-order valence-corrected chi connectivity index (χ0v) is 7.33. The van der Waals surface area contributed by atoms with Crippen LogP contribution in [-0.2, 0) is 11.3 Å². The topological polar surface area (TPSA) is 64.3 Å². The number of carbonyl (C=O) groups excluding carboxylic acids is 1. The molecular formula is C9H11N2O2.